The van der Waals surface area contributed by atoms with Gasteiger partial charge in [0.15, 0.2) is 0 Å². The number of anilines is 1. The largest absolute Gasteiger partial charge is 0.341 e. The summed E-state index contributed by atoms with van der Waals surface area (Å²) in [6.07, 6.45) is 4.32. The molecule has 1 atom stereocenters. The third-order valence-corrected chi connectivity index (χ3v) is 7.53. The maximum absolute atomic E-state index is 14.4. The van der Waals surface area contributed by atoms with Crippen LogP contribution in [-0.2, 0) is 20.9 Å². The summed E-state index contributed by atoms with van der Waals surface area (Å²) in [6, 6.07) is 3.02. The number of benzene rings is 1. The van der Waals surface area contributed by atoms with E-state index in [-0.39, 0.29) is 35.5 Å². The summed E-state index contributed by atoms with van der Waals surface area (Å²) >= 11 is 0. The van der Waals surface area contributed by atoms with Crippen molar-refractivity contribution in [3.05, 3.63) is 29.1 Å². The highest BCUT2D eigenvalue weighted by Crippen LogP contribution is 2.29. The van der Waals surface area contributed by atoms with Gasteiger partial charge in [-0.05, 0) is 49.9 Å². The molecule has 8 heteroatoms. The molecule has 4 rings (SSSR count). The zero-order chi connectivity index (χ0) is 23.7. The Morgan fingerprint density at radius 3 is 2.39 bits per heavy atom. The molecule has 3 aliphatic rings. The van der Waals surface area contributed by atoms with Crippen LogP contribution >= 0.6 is 0 Å². The van der Waals surface area contributed by atoms with Gasteiger partial charge in [-0.25, -0.2) is 4.39 Å². The summed E-state index contributed by atoms with van der Waals surface area (Å²) < 4.78 is 14.4. The van der Waals surface area contributed by atoms with Crippen molar-refractivity contribution in [2.75, 3.05) is 38.0 Å². The second-order valence-corrected chi connectivity index (χ2v) is 9.94. The molecule has 3 fully saturated rings. The molecule has 1 aliphatic carbocycles. The van der Waals surface area contributed by atoms with Crippen LogP contribution in [0.1, 0.15) is 50.7 Å². The van der Waals surface area contributed by atoms with Crippen molar-refractivity contribution in [2.24, 2.45) is 11.8 Å². The SMILES string of the molecule is CC(=O)N1CC(C(=O)Nc2cc(F)cc(CN3CCN(C(=O)C4CCCC4)[C@@H](C)C3)c2C)C1. The molecule has 180 valence electrons. The second kappa shape index (κ2) is 9.79. The molecule has 1 aromatic carbocycles. The smallest absolute Gasteiger partial charge is 0.231 e. The average molecular weight is 459 g/mol. The van der Waals surface area contributed by atoms with E-state index in [0.29, 0.717) is 37.8 Å². The zero-order valence-corrected chi connectivity index (χ0v) is 19.9. The third kappa shape index (κ3) is 5.21. The van der Waals surface area contributed by atoms with E-state index in [1.807, 2.05) is 11.8 Å². The number of rotatable bonds is 5. The van der Waals surface area contributed by atoms with Gasteiger partial charge in [0.2, 0.25) is 17.7 Å². The summed E-state index contributed by atoms with van der Waals surface area (Å²) in [5.41, 5.74) is 2.18. The molecule has 2 heterocycles. The third-order valence-electron chi connectivity index (χ3n) is 7.53. The van der Waals surface area contributed by atoms with Crippen LogP contribution in [0.25, 0.3) is 0 Å². The van der Waals surface area contributed by atoms with Gasteiger partial charge in [0, 0.05) is 63.8 Å². The molecule has 0 unspecified atom stereocenters. The molecule has 1 N–H and O–H groups in total. The number of piperazine rings is 1. The lowest BCUT2D eigenvalue weighted by molar-refractivity contribution is -0.140. The van der Waals surface area contributed by atoms with Crippen molar-refractivity contribution in [3.63, 3.8) is 0 Å². The van der Waals surface area contributed by atoms with Crippen LogP contribution in [0.4, 0.5) is 10.1 Å². The van der Waals surface area contributed by atoms with Crippen molar-refractivity contribution in [3.8, 4) is 0 Å². The first-order chi connectivity index (χ1) is 15.7. The maximum atomic E-state index is 14.4. The van der Waals surface area contributed by atoms with Gasteiger partial charge in [0.1, 0.15) is 5.82 Å². The van der Waals surface area contributed by atoms with Crippen LogP contribution in [0.15, 0.2) is 12.1 Å². The van der Waals surface area contributed by atoms with Crippen LogP contribution in [0, 0.1) is 24.6 Å². The highest BCUT2D eigenvalue weighted by molar-refractivity contribution is 5.95. The van der Waals surface area contributed by atoms with Crippen molar-refractivity contribution in [1.29, 1.82) is 0 Å². The second-order valence-electron chi connectivity index (χ2n) is 9.94. The first-order valence-electron chi connectivity index (χ1n) is 12.1. The first kappa shape index (κ1) is 23.7. The lowest BCUT2D eigenvalue weighted by Gasteiger charge is -2.41. The van der Waals surface area contributed by atoms with Gasteiger partial charge in [-0.1, -0.05) is 12.8 Å². The number of likely N-dealkylation sites (tertiary alicyclic amines) is 1. The Morgan fingerprint density at radius 1 is 1.06 bits per heavy atom. The quantitative estimate of drug-likeness (QED) is 0.737. The predicted molar refractivity (Wildman–Crippen MR) is 124 cm³/mol. The molecule has 33 heavy (non-hydrogen) atoms. The van der Waals surface area contributed by atoms with Crippen molar-refractivity contribution in [1.82, 2.24) is 14.7 Å². The van der Waals surface area contributed by atoms with Crippen LogP contribution in [0.3, 0.4) is 0 Å². The molecule has 0 spiro atoms. The average Bonchev–Trinajstić information content (AvgIpc) is 3.24. The number of halogens is 1. The van der Waals surface area contributed by atoms with Gasteiger partial charge in [0.25, 0.3) is 0 Å². The standard InChI is InChI=1S/C25H35FN4O3/c1-16-12-28(8-9-30(16)25(33)19-6-4-5-7-19)13-20-10-22(26)11-23(17(20)2)27-24(32)21-14-29(15-21)18(3)31/h10-11,16,19,21H,4-9,12-15H2,1-3H3,(H,27,32)/t16-/m0/s1. The highest BCUT2D eigenvalue weighted by Gasteiger charge is 2.35. The number of hydrogen-bond acceptors (Lipinski definition) is 4. The van der Waals surface area contributed by atoms with Crippen LogP contribution < -0.4 is 5.32 Å². The molecule has 2 aliphatic heterocycles. The summed E-state index contributed by atoms with van der Waals surface area (Å²) in [4.78, 5) is 42.7. The molecule has 0 bridgehead atoms. The Balaban J connectivity index is 1.36. The van der Waals surface area contributed by atoms with Gasteiger partial charge < -0.3 is 15.1 Å². The van der Waals surface area contributed by atoms with E-state index >= 15 is 0 Å². The van der Waals surface area contributed by atoms with Crippen molar-refractivity contribution in [2.45, 2.75) is 59.0 Å². The Bertz CT molecular complexity index is 924. The van der Waals surface area contributed by atoms with Gasteiger partial charge >= 0.3 is 0 Å². The summed E-state index contributed by atoms with van der Waals surface area (Å²) in [7, 11) is 0. The predicted octanol–water partition coefficient (Wildman–Crippen LogP) is 2.77. The molecule has 3 amide bonds. The molecule has 2 saturated heterocycles. The highest BCUT2D eigenvalue weighted by atomic mass is 19.1. The zero-order valence-electron chi connectivity index (χ0n) is 19.9. The van der Waals surface area contributed by atoms with Gasteiger partial charge in [-0.15, -0.1) is 0 Å². The summed E-state index contributed by atoms with van der Waals surface area (Å²) in [6.45, 7) is 9.06. The van der Waals surface area contributed by atoms with Crippen molar-refractivity contribution >= 4 is 23.4 Å². The number of amides is 3. The van der Waals surface area contributed by atoms with Gasteiger partial charge in [-0.2, -0.15) is 0 Å². The Morgan fingerprint density at radius 2 is 1.76 bits per heavy atom. The topological polar surface area (TPSA) is 73.0 Å². The first-order valence-corrected chi connectivity index (χ1v) is 12.1. The van der Waals surface area contributed by atoms with E-state index in [4.69, 9.17) is 0 Å². The van der Waals surface area contributed by atoms with Crippen molar-refractivity contribution < 1.29 is 18.8 Å². The summed E-state index contributed by atoms with van der Waals surface area (Å²) in [5.74, 6) is -0.374. The fraction of sp³-hybridized carbons (Fsp3) is 0.640. The van der Waals surface area contributed by atoms with E-state index in [0.717, 1.165) is 49.9 Å². The van der Waals surface area contributed by atoms with E-state index in [9.17, 15) is 18.8 Å². The van der Waals surface area contributed by atoms with Crippen LogP contribution in [0.2, 0.25) is 0 Å². The van der Waals surface area contributed by atoms with E-state index in [2.05, 4.69) is 17.1 Å². The fourth-order valence-corrected chi connectivity index (χ4v) is 5.32. The fourth-order valence-electron chi connectivity index (χ4n) is 5.32. The number of carbonyl (C=O) groups excluding carboxylic acids is 3. The van der Waals surface area contributed by atoms with E-state index in [1.165, 1.54) is 19.1 Å². The van der Waals surface area contributed by atoms with Gasteiger partial charge in [-0.3, -0.25) is 19.3 Å². The minimum atomic E-state index is -0.382. The number of carbonyl (C=O) groups is 3. The normalized spacial score (nSPS) is 22.4. The number of hydrogen-bond donors (Lipinski definition) is 1. The monoisotopic (exact) mass is 458 g/mol. The Kier molecular flexibility index (Phi) is 7.02. The minimum Gasteiger partial charge on any atom is -0.341 e. The Hall–Kier alpha value is -2.48. The molecular weight excluding hydrogens is 423 g/mol. The number of nitrogens with one attached hydrogen (secondary N) is 1. The van der Waals surface area contributed by atoms with E-state index < -0.39 is 0 Å². The lowest BCUT2D eigenvalue weighted by atomic mass is 9.98. The molecule has 0 radical (unpaired) electrons. The molecule has 7 nitrogen and oxygen atoms in total. The molecule has 1 saturated carbocycles. The molecule has 1 aromatic rings. The maximum Gasteiger partial charge on any atom is 0.231 e. The van der Waals surface area contributed by atoms with Crippen LogP contribution in [-0.4, -0.2) is 71.2 Å². The molecular formula is C25H35FN4O3. The Labute approximate surface area is 195 Å². The summed E-state index contributed by atoms with van der Waals surface area (Å²) in [5, 5.41) is 2.86. The van der Waals surface area contributed by atoms with E-state index in [1.54, 1.807) is 4.90 Å². The lowest BCUT2D eigenvalue weighted by Crippen LogP contribution is -2.54. The molecule has 0 aromatic heterocycles. The van der Waals surface area contributed by atoms with Crippen LogP contribution in [0.5, 0.6) is 0 Å². The van der Waals surface area contributed by atoms with Gasteiger partial charge in [0.05, 0.1) is 5.92 Å². The minimum absolute atomic E-state index is 0.0393. The number of nitrogens with zero attached hydrogens (tertiary/aromatic N) is 3.